The van der Waals surface area contributed by atoms with Gasteiger partial charge in [0.1, 0.15) is 0 Å². The zero-order valence-electron chi connectivity index (χ0n) is 19.2. The lowest BCUT2D eigenvalue weighted by Gasteiger charge is -2.33. The molecule has 0 saturated carbocycles. The zero-order valence-corrected chi connectivity index (χ0v) is 19.2. The summed E-state index contributed by atoms with van der Waals surface area (Å²) in [6.07, 6.45) is 3.61. The van der Waals surface area contributed by atoms with Crippen LogP contribution in [-0.2, 0) is 9.53 Å². The molecule has 2 aliphatic rings. The van der Waals surface area contributed by atoms with Crippen LogP contribution in [0.25, 0.3) is 0 Å². The number of likely N-dealkylation sites (tertiary alicyclic amines) is 1. The van der Waals surface area contributed by atoms with Gasteiger partial charge >= 0.3 is 0 Å². The molecule has 32 heavy (non-hydrogen) atoms. The number of nitrogens with one attached hydrogen (secondary N) is 1. The fourth-order valence-electron chi connectivity index (χ4n) is 4.38. The van der Waals surface area contributed by atoms with Crippen LogP contribution in [0.1, 0.15) is 77.0 Å². The molecule has 174 valence electrons. The minimum Gasteiger partial charge on any atom is -0.385 e. The van der Waals surface area contributed by atoms with Gasteiger partial charge in [-0.2, -0.15) is 0 Å². The summed E-state index contributed by atoms with van der Waals surface area (Å²) in [6.45, 7) is 5.87. The smallest absolute Gasteiger partial charge is 0.261 e. The first kappa shape index (κ1) is 23.9. The summed E-state index contributed by atoms with van der Waals surface area (Å²) in [5, 5.41) is 3.12. The Hall–Kier alpha value is -2.74. The number of fused-ring (bicyclic) bond motifs is 1. The Kier molecular flexibility index (Phi) is 8.01. The maximum absolute atomic E-state index is 13.0. The summed E-state index contributed by atoms with van der Waals surface area (Å²) in [4.78, 5) is 53.5. The van der Waals surface area contributed by atoms with Crippen LogP contribution in [0, 0.1) is 5.92 Å². The lowest BCUT2D eigenvalue weighted by Crippen LogP contribution is -2.47. The molecule has 2 heterocycles. The molecular formula is C24H33N3O5. The van der Waals surface area contributed by atoms with Crippen molar-refractivity contribution in [2.45, 2.75) is 52.0 Å². The highest BCUT2D eigenvalue weighted by Gasteiger charge is 2.36. The number of imide groups is 1. The molecule has 1 aromatic rings. The molecule has 1 aromatic carbocycles. The van der Waals surface area contributed by atoms with E-state index in [-0.39, 0.29) is 41.2 Å². The average molecular weight is 444 g/mol. The van der Waals surface area contributed by atoms with Gasteiger partial charge in [0.05, 0.1) is 11.1 Å². The van der Waals surface area contributed by atoms with Gasteiger partial charge in [-0.3, -0.25) is 24.1 Å². The van der Waals surface area contributed by atoms with Gasteiger partial charge < -0.3 is 15.0 Å². The molecule has 2 aliphatic heterocycles. The van der Waals surface area contributed by atoms with E-state index in [1.54, 1.807) is 24.1 Å². The summed E-state index contributed by atoms with van der Waals surface area (Å²) in [5.41, 5.74) is 1.03. The molecule has 8 heteroatoms. The summed E-state index contributed by atoms with van der Waals surface area (Å²) >= 11 is 0. The third kappa shape index (κ3) is 5.01. The van der Waals surface area contributed by atoms with Gasteiger partial charge in [0.2, 0.25) is 5.91 Å². The fourth-order valence-corrected chi connectivity index (χ4v) is 4.38. The van der Waals surface area contributed by atoms with Crippen molar-refractivity contribution >= 4 is 23.6 Å². The molecule has 0 aliphatic carbocycles. The van der Waals surface area contributed by atoms with Crippen molar-refractivity contribution in [2.75, 3.05) is 33.4 Å². The molecule has 0 unspecified atom stereocenters. The lowest BCUT2D eigenvalue weighted by molar-refractivity contribution is -0.126. The number of hydrogen-bond donors (Lipinski definition) is 1. The molecule has 0 radical (unpaired) electrons. The predicted molar refractivity (Wildman–Crippen MR) is 119 cm³/mol. The van der Waals surface area contributed by atoms with Crippen LogP contribution in [-0.4, -0.2) is 72.8 Å². The Morgan fingerprint density at radius 1 is 1.09 bits per heavy atom. The van der Waals surface area contributed by atoms with E-state index in [9.17, 15) is 19.2 Å². The van der Waals surface area contributed by atoms with Crippen LogP contribution in [0.4, 0.5) is 0 Å². The van der Waals surface area contributed by atoms with E-state index in [0.717, 1.165) is 12.8 Å². The standard InChI is InChI=1S/C24H33N3O5/c1-4-16(5-2)21(28)25-18-9-12-26(13-10-18)22(29)17-7-8-19-20(15-17)24(31)27(23(19)30)11-6-14-32-3/h7-8,15-16,18H,4-6,9-14H2,1-3H3,(H,25,28). The third-order valence-electron chi connectivity index (χ3n) is 6.43. The molecule has 1 fully saturated rings. The molecule has 0 atom stereocenters. The van der Waals surface area contributed by atoms with E-state index in [0.29, 0.717) is 56.6 Å². The molecule has 1 saturated heterocycles. The number of rotatable bonds is 9. The maximum atomic E-state index is 13.0. The van der Waals surface area contributed by atoms with Gasteiger partial charge in [0.25, 0.3) is 17.7 Å². The minimum atomic E-state index is -0.362. The second-order valence-corrected chi connectivity index (χ2v) is 8.46. The van der Waals surface area contributed by atoms with Crippen molar-refractivity contribution in [1.82, 2.24) is 15.1 Å². The summed E-state index contributed by atoms with van der Waals surface area (Å²) in [6, 6.07) is 4.80. The monoisotopic (exact) mass is 443 g/mol. The normalized spacial score (nSPS) is 16.6. The number of carbonyl (C=O) groups is 4. The lowest BCUT2D eigenvalue weighted by atomic mass is 9.99. The molecule has 0 bridgehead atoms. The number of benzene rings is 1. The predicted octanol–water partition coefficient (Wildman–Crippen LogP) is 2.48. The van der Waals surface area contributed by atoms with Gasteiger partial charge in [0.15, 0.2) is 0 Å². The number of carbonyl (C=O) groups excluding carboxylic acids is 4. The van der Waals surface area contributed by atoms with Crippen molar-refractivity contribution in [3.05, 3.63) is 34.9 Å². The molecule has 1 N–H and O–H groups in total. The van der Waals surface area contributed by atoms with Gasteiger partial charge in [-0.1, -0.05) is 13.8 Å². The van der Waals surface area contributed by atoms with E-state index in [2.05, 4.69) is 5.32 Å². The van der Waals surface area contributed by atoms with Crippen LogP contribution in [0.2, 0.25) is 0 Å². The fraction of sp³-hybridized carbons (Fsp3) is 0.583. The Morgan fingerprint density at radius 3 is 2.38 bits per heavy atom. The highest BCUT2D eigenvalue weighted by molar-refractivity contribution is 6.22. The first-order valence-electron chi connectivity index (χ1n) is 11.5. The van der Waals surface area contributed by atoms with Gasteiger partial charge in [-0.15, -0.1) is 0 Å². The van der Waals surface area contributed by atoms with Crippen molar-refractivity contribution in [3.63, 3.8) is 0 Å². The maximum Gasteiger partial charge on any atom is 0.261 e. The minimum absolute atomic E-state index is 0.0374. The molecular weight excluding hydrogens is 410 g/mol. The third-order valence-corrected chi connectivity index (χ3v) is 6.43. The van der Waals surface area contributed by atoms with Gasteiger partial charge in [-0.25, -0.2) is 0 Å². The van der Waals surface area contributed by atoms with Gasteiger partial charge in [-0.05, 0) is 50.3 Å². The number of ether oxygens (including phenoxy) is 1. The van der Waals surface area contributed by atoms with Crippen LogP contribution in [0.3, 0.4) is 0 Å². The molecule has 8 nitrogen and oxygen atoms in total. The Labute approximate surface area is 189 Å². The number of amides is 4. The SMILES string of the molecule is CCC(CC)C(=O)NC1CCN(C(=O)c2ccc3c(c2)C(=O)N(CCCOC)C3=O)CC1. The largest absolute Gasteiger partial charge is 0.385 e. The quantitative estimate of drug-likeness (QED) is 0.467. The number of methoxy groups -OCH3 is 1. The van der Waals surface area contributed by atoms with Gasteiger partial charge in [0, 0.05) is 50.9 Å². The molecule has 0 spiro atoms. The van der Waals surface area contributed by atoms with Crippen molar-refractivity contribution in [3.8, 4) is 0 Å². The van der Waals surface area contributed by atoms with Crippen LogP contribution in [0.15, 0.2) is 18.2 Å². The van der Waals surface area contributed by atoms with E-state index >= 15 is 0 Å². The summed E-state index contributed by atoms with van der Waals surface area (Å²) in [7, 11) is 1.57. The van der Waals surface area contributed by atoms with Crippen LogP contribution in [0.5, 0.6) is 0 Å². The van der Waals surface area contributed by atoms with Crippen molar-refractivity contribution in [2.24, 2.45) is 5.92 Å². The first-order chi connectivity index (χ1) is 15.4. The molecule has 4 amide bonds. The van der Waals surface area contributed by atoms with E-state index in [1.807, 2.05) is 13.8 Å². The summed E-state index contributed by atoms with van der Waals surface area (Å²) in [5.74, 6) is -0.713. The van der Waals surface area contributed by atoms with E-state index in [1.165, 1.54) is 11.0 Å². The second kappa shape index (κ2) is 10.7. The van der Waals surface area contributed by atoms with Crippen LogP contribution >= 0.6 is 0 Å². The Morgan fingerprint density at radius 2 is 1.75 bits per heavy atom. The number of piperidine rings is 1. The summed E-state index contributed by atoms with van der Waals surface area (Å²) < 4.78 is 5.00. The van der Waals surface area contributed by atoms with Crippen molar-refractivity contribution < 1.29 is 23.9 Å². The highest BCUT2D eigenvalue weighted by atomic mass is 16.5. The second-order valence-electron chi connectivity index (χ2n) is 8.46. The van der Waals surface area contributed by atoms with E-state index in [4.69, 9.17) is 4.74 Å². The number of nitrogens with zero attached hydrogens (tertiary/aromatic N) is 2. The highest BCUT2D eigenvalue weighted by Crippen LogP contribution is 2.25. The Bertz CT molecular complexity index is 872. The topological polar surface area (TPSA) is 96.0 Å². The first-order valence-corrected chi connectivity index (χ1v) is 11.5. The molecule has 3 rings (SSSR count). The van der Waals surface area contributed by atoms with Crippen LogP contribution < -0.4 is 5.32 Å². The van der Waals surface area contributed by atoms with E-state index < -0.39 is 0 Å². The average Bonchev–Trinajstić information content (AvgIpc) is 3.04. The Balaban J connectivity index is 1.60. The van der Waals surface area contributed by atoms with Crippen molar-refractivity contribution in [1.29, 1.82) is 0 Å². The number of hydrogen-bond acceptors (Lipinski definition) is 5. The zero-order chi connectivity index (χ0) is 23.3. The molecule has 0 aromatic heterocycles.